The molecule has 30 heavy (non-hydrogen) atoms. The van der Waals surface area contributed by atoms with Gasteiger partial charge in [0.05, 0.1) is 11.5 Å². The highest BCUT2D eigenvalue weighted by Crippen LogP contribution is 2.34. The van der Waals surface area contributed by atoms with E-state index < -0.39 is 23.6 Å². The zero-order chi connectivity index (χ0) is 21.7. The highest BCUT2D eigenvalue weighted by molar-refractivity contribution is 8.18. The molecule has 156 valence electrons. The molecular formula is C22H22N2O5S. The molecule has 8 heteroatoms. The molecule has 0 aromatic heterocycles. The Morgan fingerprint density at radius 1 is 1.10 bits per heavy atom. The van der Waals surface area contributed by atoms with E-state index in [1.807, 2.05) is 38.1 Å². The van der Waals surface area contributed by atoms with Crippen LogP contribution in [0.25, 0.3) is 6.08 Å². The maximum Gasteiger partial charge on any atom is 0.294 e. The summed E-state index contributed by atoms with van der Waals surface area (Å²) in [5, 5.41) is -0.520. The Hall–Kier alpha value is -3.26. The van der Waals surface area contributed by atoms with Gasteiger partial charge in [0, 0.05) is 0 Å². The fourth-order valence-electron chi connectivity index (χ4n) is 2.79. The molecule has 1 aliphatic heterocycles. The number of hydrogen-bond acceptors (Lipinski definition) is 6. The van der Waals surface area contributed by atoms with Crippen LogP contribution >= 0.6 is 11.8 Å². The van der Waals surface area contributed by atoms with Gasteiger partial charge in [-0.15, -0.1) is 0 Å². The third-order valence-electron chi connectivity index (χ3n) is 4.27. The minimum atomic E-state index is -0.743. The number of thioether (sulfide) groups is 1. The Balaban J connectivity index is 1.78. The van der Waals surface area contributed by atoms with E-state index in [1.165, 1.54) is 5.56 Å². The average Bonchev–Trinajstić information content (AvgIpc) is 2.96. The zero-order valence-electron chi connectivity index (χ0n) is 16.7. The first-order valence-corrected chi connectivity index (χ1v) is 10.2. The summed E-state index contributed by atoms with van der Waals surface area (Å²) in [5.74, 6) is -0.167. The molecule has 0 saturated carbocycles. The second kappa shape index (κ2) is 9.49. The van der Waals surface area contributed by atoms with E-state index in [0.29, 0.717) is 30.3 Å². The number of nitrogens with zero attached hydrogens (tertiary/aromatic N) is 1. The van der Waals surface area contributed by atoms with Gasteiger partial charge >= 0.3 is 0 Å². The summed E-state index contributed by atoms with van der Waals surface area (Å²) in [6.07, 6.45) is 1.58. The third kappa shape index (κ3) is 5.21. The first-order valence-electron chi connectivity index (χ1n) is 9.36. The van der Waals surface area contributed by atoms with E-state index in [0.717, 1.165) is 22.2 Å². The van der Waals surface area contributed by atoms with Crippen molar-refractivity contribution in [2.75, 3.05) is 13.2 Å². The van der Waals surface area contributed by atoms with Gasteiger partial charge in [-0.1, -0.05) is 35.9 Å². The van der Waals surface area contributed by atoms with Crippen LogP contribution in [0.2, 0.25) is 0 Å². The van der Waals surface area contributed by atoms with E-state index in [-0.39, 0.29) is 4.91 Å². The number of hydrogen-bond donors (Lipinski definition) is 1. The van der Waals surface area contributed by atoms with Crippen molar-refractivity contribution in [1.82, 2.24) is 4.90 Å². The standard InChI is InChI=1S/C22H22N2O5S/c1-3-28-18-10-16(11-19-21(26)24(12-20(23)25)22(27)30-19)8-9-17(18)29-13-15-6-4-14(2)5-7-15/h4-11H,3,12-13H2,1-2H3,(H2,23,25)/b19-11-. The predicted molar refractivity (Wildman–Crippen MR) is 115 cm³/mol. The molecule has 1 heterocycles. The summed E-state index contributed by atoms with van der Waals surface area (Å²) in [6, 6.07) is 13.3. The third-order valence-corrected chi connectivity index (χ3v) is 5.18. The van der Waals surface area contributed by atoms with E-state index in [1.54, 1.807) is 24.3 Å². The topological polar surface area (TPSA) is 98.9 Å². The molecule has 1 aliphatic rings. The van der Waals surface area contributed by atoms with Crippen molar-refractivity contribution < 1.29 is 23.9 Å². The lowest BCUT2D eigenvalue weighted by Gasteiger charge is -2.13. The normalized spacial score (nSPS) is 15.0. The van der Waals surface area contributed by atoms with Gasteiger partial charge in [-0.3, -0.25) is 19.3 Å². The molecule has 3 rings (SSSR count). The van der Waals surface area contributed by atoms with Crippen LogP contribution in [0.3, 0.4) is 0 Å². The van der Waals surface area contributed by atoms with Crippen LogP contribution in [-0.2, 0) is 16.2 Å². The van der Waals surface area contributed by atoms with Gasteiger partial charge in [0.2, 0.25) is 5.91 Å². The number of ether oxygens (including phenoxy) is 2. The van der Waals surface area contributed by atoms with Gasteiger partial charge < -0.3 is 15.2 Å². The molecule has 0 radical (unpaired) electrons. The Bertz CT molecular complexity index is 1000. The molecule has 7 nitrogen and oxygen atoms in total. The molecule has 2 aromatic carbocycles. The quantitative estimate of drug-likeness (QED) is 0.649. The van der Waals surface area contributed by atoms with Crippen molar-refractivity contribution in [1.29, 1.82) is 0 Å². The average molecular weight is 426 g/mol. The van der Waals surface area contributed by atoms with Crippen LogP contribution in [0, 0.1) is 6.92 Å². The first kappa shape index (κ1) is 21.4. The van der Waals surface area contributed by atoms with Gasteiger partial charge in [0.1, 0.15) is 13.2 Å². The first-order chi connectivity index (χ1) is 14.4. The predicted octanol–water partition coefficient (Wildman–Crippen LogP) is 3.49. The molecular weight excluding hydrogens is 404 g/mol. The van der Waals surface area contributed by atoms with Crippen LogP contribution < -0.4 is 15.2 Å². The van der Waals surface area contributed by atoms with Crippen LogP contribution in [0.15, 0.2) is 47.4 Å². The van der Waals surface area contributed by atoms with Gasteiger partial charge in [-0.05, 0) is 54.9 Å². The number of benzene rings is 2. The summed E-state index contributed by atoms with van der Waals surface area (Å²) < 4.78 is 11.6. The molecule has 0 aliphatic carbocycles. The molecule has 3 amide bonds. The summed E-state index contributed by atoms with van der Waals surface area (Å²) in [6.45, 7) is 4.30. The summed E-state index contributed by atoms with van der Waals surface area (Å²) in [5.41, 5.74) is 7.99. The smallest absolute Gasteiger partial charge is 0.294 e. The van der Waals surface area contributed by atoms with E-state index in [9.17, 15) is 14.4 Å². The van der Waals surface area contributed by atoms with Gasteiger partial charge in [0.25, 0.3) is 11.1 Å². The maximum atomic E-state index is 12.4. The number of rotatable bonds is 8. The fourth-order valence-corrected chi connectivity index (χ4v) is 3.63. The lowest BCUT2D eigenvalue weighted by atomic mass is 10.1. The Morgan fingerprint density at radius 2 is 1.83 bits per heavy atom. The minimum Gasteiger partial charge on any atom is -0.490 e. The summed E-state index contributed by atoms with van der Waals surface area (Å²) in [4.78, 5) is 36.4. The van der Waals surface area contributed by atoms with Crippen molar-refractivity contribution in [2.24, 2.45) is 5.73 Å². The maximum absolute atomic E-state index is 12.4. The van der Waals surface area contributed by atoms with Crippen LogP contribution in [0.1, 0.15) is 23.6 Å². The number of primary amides is 1. The van der Waals surface area contributed by atoms with Crippen LogP contribution in [0.5, 0.6) is 11.5 Å². The van der Waals surface area contributed by atoms with Crippen molar-refractivity contribution in [3.05, 3.63) is 64.1 Å². The molecule has 0 atom stereocenters. The van der Waals surface area contributed by atoms with Crippen molar-refractivity contribution >= 4 is 34.9 Å². The van der Waals surface area contributed by atoms with E-state index in [4.69, 9.17) is 15.2 Å². The molecule has 1 fully saturated rings. The number of nitrogens with two attached hydrogens (primary N) is 1. The fraction of sp³-hybridized carbons (Fsp3) is 0.227. The monoisotopic (exact) mass is 426 g/mol. The van der Waals surface area contributed by atoms with Gasteiger partial charge in [0.15, 0.2) is 11.5 Å². The largest absolute Gasteiger partial charge is 0.490 e. The number of imide groups is 1. The molecule has 0 unspecified atom stereocenters. The highest BCUT2D eigenvalue weighted by Gasteiger charge is 2.35. The molecule has 2 aromatic rings. The van der Waals surface area contributed by atoms with E-state index >= 15 is 0 Å². The Labute approximate surface area is 178 Å². The van der Waals surface area contributed by atoms with Crippen LogP contribution in [0.4, 0.5) is 4.79 Å². The van der Waals surface area contributed by atoms with E-state index in [2.05, 4.69) is 0 Å². The molecule has 2 N–H and O–H groups in total. The number of carbonyl (C=O) groups excluding carboxylic acids is 3. The number of amides is 3. The molecule has 0 bridgehead atoms. The lowest BCUT2D eigenvalue weighted by Crippen LogP contribution is -2.36. The number of carbonyl (C=O) groups is 3. The molecule has 1 saturated heterocycles. The lowest BCUT2D eigenvalue weighted by molar-refractivity contribution is -0.127. The Morgan fingerprint density at radius 3 is 2.50 bits per heavy atom. The summed E-state index contributed by atoms with van der Waals surface area (Å²) >= 11 is 0.769. The molecule has 0 spiro atoms. The minimum absolute atomic E-state index is 0.219. The van der Waals surface area contributed by atoms with Crippen LogP contribution in [-0.4, -0.2) is 35.1 Å². The van der Waals surface area contributed by atoms with Gasteiger partial charge in [-0.25, -0.2) is 0 Å². The highest BCUT2D eigenvalue weighted by atomic mass is 32.2. The summed E-state index contributed by atoms with van der Waals surface area (Å²) in [7, 11) is 0. The zero-order valence-corrected chi connectivity index (χ0v) is 17.5. The number of aryl methyl sites for hydroxylation is 1. The second-order valence-electron chi connectivity index (χ2n) is 6.65. The van der Waals surface area contributed by atoms with Crippen molar-refractivity contribution in [2.45, 2.75) is 20.5 Å². The van der Waals surface area contributed by atoms with Gasteiger partial charge in [-0.2, -0.15) is 0 Å². The SMILES string of the molecule is CCOc1cc(/C=C2\SC(=O)N(CC(N)=O)C2=O)ccc1OCc1ccc(C)cc1. The van der Waals surface area contributed by atoms with Crippen molar-refractivity contribution in [3.63, 3.8) is 0 Å². The Kier molecular flexibility index (Phi) is 6.79. The van der Waals surface area contributed by atoms with Crippen molar-refractivity contribution in [3.8, 4) is 11.5 Å². The second-order valence-corrected chi connectivity index (χ2v) is 7.64.